The predicted molar refractivity (Wildman–Crippen MR) is 118 cm³/mol. The predicted octanol–water partition coefficient (Wildman–Crippen LogP) is 2.48. The molecule has 8 heteroatoms. The zero-order valence-electron chi connectivity index (χ0n) is 17.0. The second kappa shape index (κ2) is 10.0. The first-order chi connectivity index (χ1) is 14.0. The van der Waals surface area contributed by atoms with Gasteiger partial charge in [0.05, 0.1) is 22.8 Å². The topological polar surface area (TPSA) is 86.0 Å². The largest absolute Gasteiger partial charge is 0.396 e. The monoisotopic (exact) mass is 416 g/mol. The number of hydrazine groups is 2. The molecule has 3 aliphatic rings. The van der Waals surface area contributed by atoms with Crippen molar-refractivity contribution in [2.75, 3.05) is 26.2 Å². The van der Waals surface area contributed by atoms with Crippen molar-refractivity contribution in [2.24, 2.45) is 10.7 Å². The Kier molecular flexibility index (Phi) is 7.44. The van der Waals surface area contributed by atoms with E-state index in [0.717, 1.165) is 24.5 Å². The van der Waals surface area contributed by atoms with Crippen molar-refractivity contribution >= 4 is 23.1 Å². The zero-order chi connectivity index (χ0) is 20.8. The molecule has 1 aliphatic carbocycles. The van der Waals surface area contributed by atoms with E-state index in [1.54, 1.807) is 13.0 Å². The molecule has 29 heavy (non-hydrogen) atoms. The van der Waals surface area contributed by atoms with Crippen molar-refractivity contribution in [1.82, 2.24) is 20.9 Å². The molecule has 0 amide bonds. The lowest BCUT2D eigenvalue weighted by atomic mass is 10.0. The number of ketones is 1. The highest BCUT2D eigenvalue weighted by Crippen LogP contribution is 2.22. The molecule has 2 heterocycles. The van der Waals surface area contributed by atoms with E-state index in [9.17, 15) is 4.79 Å². The minimum atomic E-state index is -0.255. The van der Waals surface area contributed by atoms with Gasteiger partial charge in [0.2, 0.25) is 5.78 Å². The molecule has 7 nitrogen and oxygen atoms in total. The summed E-state index contributed by atoms with van der Waals surface area (Å²) in [6, 6.07) is 0. The van der Waals surface area contributed by atoms with Gasteiger partial charge in [-0.2, -0.15) is 5.53 Å². The molecule has 0 saturated carbocycles. The fraction of sp³-hybridized carbons (Fsp3) is 0.429. The summed E-state index contributed by atoms with van der Waals surface area (Å²) in [5.41, 5.74) is 15.3. The van der Waals surface area contributed by atoms with E-state index in [1.165, 1.54) is 32.4 Å². The first-order valence-electron chi connectivity index (χ1n) is 10.0. The minimum absolute atomic E-state index is 0.0231. The van der Waals surface area contributed by atoms with Crippen molar-refractivity contribution in [3.63, 3.8) is 0 Å². The lowest BCUT2D eigenvalue weighted by Gasteiger charge is -2.28. The van der Waals surface area contributed by atoms with Crippen LogP contribution in [0.15, 0.2) is 63.2 Å². The average molecular weight is 417 g/mol. The van der Waals surface area contributed by atoms with E-state index in [-0.39, 0.29) is 16.5 Å². The molecule has 0 atom stereocenters. The molecule has 0 bridgehead atoms. The van der Waals surface area contributed by atoms with Crippen molar-refractivity contribution in [3.05, 3.63) is 58.2 Å². The van der Waals surface area contributed by atoms with Crippen LogP contribution in [0.5, 0.6) is 0 Å². The van der Waals surface area contributed by atoms with E-state index >= 15 is 0 Å². The second-order valence-corrected chi connectivity index (χ2v) is 7.74. The lowest BCUT2D eigenvalue weighted by molar-refractivity contribution is -0.111. The normalized spacial score (nSPS) is 23.8. The van der Waals surface area contributed by atoms with Crippen LogP contribution in [0.2, 0.25) is 0 Å². The molecule has 4 N–H and O–H groups in total. The van der Waals surface area contributed by atoms with Crippen LogP contribution in [0.3, 0.4) is 0 Å². The molecule has 0 aromatic rings. The fourth-order valence-corrected chi connectivity index (χ4v) is 3.71. The number of halogens is 1. The van der Waals surface area contributed by atoms with Gasteiger partial charge in [-0.1, -0.05) is 24.1 Å². The first-order valence-corrected chi connectivity index (χ1v) is 10.4. The van der Waals surface area contributed by atoms with Crippen LogP contribution in [0, 0.1) is 0 Å². The van der Waals surface area contributed by atoms with E-state index in [0.29, 0.717) is 11.3 Å². The molecule has 0 unspecified atom stereocenters. The zero-order valence-corrected chi connectivity index (χ0v) is 17.8. The van der Waals surface area contributed by atoms with Crippen molar-refractivity contribution in [1.29, 1.82) is 0 Å². The standard InChI is InChI=1S/C21H29ClN6O/c1-15-14-17(20(23)19(22)21(15)29)25-16(2)18-8-4-7-12-28(18)26-24-9-13-27-10-5-3-6-11-27/h4,7-8,12,14,24,26H,3,5-6,9-11,13,23H2,1-2H3/b18-16+,25-17+. The summed E-state index contributed by atoms with van der Waals surface area (Å²) in [5.74, 6) is -0.255. The molecule has 0 spiro atoms. The number of nitrogens with two attached hydrogens (primary N) is 1. The van der Waals surface area contributed by atoms with Crippen LogP contribution in [0.4, 0.5) is 0 Å². The molecule has 156 valence electrons. The van der Waals surface area contributed by atoms with Crippen LogP contribution in [-0.2, 0) is 4.79 Å². The average Bonchev–Trinajstić information content (AvgIpc) is 2.74. The number of carbonyl (C=O) groups is 1. The highest BCUT2D eigenvalue weighted by molar-refractivity contribution is 6.49. The fourth-order valence-electron chi connectivity index (χ4n) is 3.46. The summed E-state index contributed by atoms with van der Waals surface area (Å²) < 4.78 is 0. The Balaban J connectivity index is 1.66. The molecular weight excluding hydrogens is 388 g/mol. The van der Waals surface area contributed by atoms with Gasteiger partial charge >= 0.3 is 0 Å². The van der Waals surface area contributed by atoms with Crippen LogP contribution >= 0.6 is 11.6 Å². The van der Waals surface area contributed by atoms with Gasteiger partial charge in [0.25, 0.3) is 0 Å². The van der Waals surface area contributed by atoms with E-state index in [1.807, 2.05) is 36.4 Å². The van der Waals surface area contributed by atoms with Gasteiger partial charge in [0.15, 0.2) is 0 Å². The van der Waals surface area contributed by atoms with Gasteiger partial charge in [-0.15, -0.1) is 0 Å². The van der Waals surface area contributed by atoms with Gasteiger partial charge in [-0.3, -0.25) is 9.80 Å². The SMILES string of the molecule is CC1=C/C(=N\C(C)=C2/C=CC=CN2NNCCN2CCCCC2)C(N)=C(Cl)C1=O. The van der Waals surface area contributed by atoms with Crippen LogP contribution in [-0.4, -0.2) is 47.6 Å². The Hall–Kier alpha value is -2.19. The molecule has 0 radical (unpaired) electrons. The lowest BCUT2D eigenvalue weighted by Crippen LogP contribution is -2.47. The number of carbonyl (C=O) groups excluding carboxylic acids is 1. The van der Waals surface area contributed by atoms with Gasteiger partial charge in [-0.05, 0) is 58.0 Å². The maximum atomic E-state index is 11.9. The number of hydrogen-bond donors (Lipinski definition) is 3. The minimum Gasteiger partial charge on any atom is -0.396 e. The molecule has 0 aromatic heterocycles. The van der Waals surface area contributed by atoms with Gasteiger partial charge < -0.3 is 10.6 Å². The number of allylic oxidation sites excluding steroid dienone is 7. The number of likely N-dealkylation sites (tertiary alicyclic amines) is 1. The summed E-state index contributed by atoms with van der Waals surface area (Å²) in [5, 5.41) is 1.90. The molecule has 1 saturated heterocycles. The van der Waals surface area contributed by atoms with Gasteiger partial charge in [0, 0.05) is 24.9 Å². The molecule has 3 rings (SSSR count). The maximum absolute atomic E-state index is 11.9. The summed E-state index contributed by atoms with van der Waals surface area (Å²) in [7, 11) is 0. The van der Waals surface area contributed by atoms with E-state index < -0.39 is 0 Å². The first kappa shape index (κ1) is 21.5. The number of rotatable bonds is 6. The summed E-state index contributed by atoms with van der Waals surface area (Å²) in [4.78, 5) is 19.0. The quantitative estimate of drug-likeness (QED) is 0.350. The molecule has 0 aromatic carbocycles. The second-order valence-electron chi connectivity index (χ2n) is 7.36. The third kappa shape index (κ3) is 5.45. The van der Waals surface area contributed by atoms with Gasteiger partial charge in [0.1, 0.15) is 5.03 Å². The number of nitrogens with zero attached hydrogens (tertiary/aromatic N) is 3. The molecule has 1 fully saturated rings. The number of nitrogens with one attached hydrogen (secondary N) is 2. The van der Waals surface area contributed by atoms with E-state index in [4.69, 9.17) is 17.3 Å². The van der Waals surface area contributed by atoms with Crippen molar-refractivity contribution in [3.8, 4) is 0 Å². The summed E-state index contributed by atoms with van der Waals surface area (Å²) in [6.45, 7) is 7.82. The highest BCUT2D eigenvalue weighted by Gasteiger charge is 2.22. The maximum Gasteiger partial charge on any atom is 0.202 e. The Morgan fingerprint density at radius 1 is 1.28 bits per heavy atom. The highest BCUT2D eigenvalue weighted by atomic mass is 35.5. The number of hydrogen-bond acceptors (Lipinski definition) is 7. The van der Waals surface area contributed by atoms with Crippen LogP contribution < -0.4 is 16.7 Å². The number of Topliss-reactive ketones (excluding diaryl/α,β-unsaturated/α-hetero) is 1. The van der Waals surface area contributed by atoms with Gasteiger partial charge in [-0.25, -0.2) is 10.4 Å². The summed E-state index contributed by atoms with van der Waals surface area (Å²) in [6.07, 6.45) is 13.4. The summed E-state index contributed by atoms with van der Waals surface area (Å²) >= 11 is 6.06. The van der Waals surface area contributed by atoms with Crippen LogP contribution in [0.1, 0.15) is 33.1 Å². The van der Waals surface area contributed by atoms with Crippen LogP contribution in [0.25, 0.3) is 0 Å². The smallest absolute Gasteiger partial charge is 0.202 e. The Morgan fingerprint density at radius 3 is 2.79 bits per heavy atom. The third-order valence-corrected chi connectivity index (χ3v) is 5.52. The number of piperidine rings is 1. The Labute approximate surface area is 177 Å². The van der Waals surface area contributed by atoms with Crippen molar-refractivity contribution < 1.29 is 4.79 Å². The van der Waals surface area contributed by atoms with E-state index in [2.05, 4.69) is 20.9 Å². The molecular formula is C21H29ClN6O. The Bertz CT molecular complexity index is 830. The van der Waals surface area contributed by atoms with Crippen molar-refractivity contribution in [2.45, 2.75) is 33.1 Å². The molecule has 2 aliphatic heterocycles. The Morgan fingerprint density at radius 2 is 2.03 bits per heavy atom. The number of aliphatic imine (C=N–C) groups is 1. The third-order valence-electron chi connectivity index (χ3n) is 5.14.